The Morgan fingerprint density at radius 3 is 2.46 bits per heavy atom. The minimum atomic E-state index is -0.329. The van der Waals surface area contributed by atoms with Crippen LogP contribution >= 0.6 is 0 Å². The van der Waals surface area contributed by atoms with Gasteiger partial charge in [0.1, 0.15) is 5.75 Å². The van der Waals surface area contributed by atoms with Crippen LogP contribution in [0.3, 0.4) is 0 Å². The molecule has 126 valence electrons. The molecule has 0 atom stereocenters. The average Bonchev–Trinajstić information content (AvgIpc) is 2.60. The maximum absolute atomic E-state index is 12.2. The number of aryl methyl sites for hydroxylation is 1. The van der Waals surface area contributed by atoms with Crippen LogP contribution in [0.1, 0.15) is 28.4 Å². The standard InChI is InChI=1S/C19H22N2O3/c1-3-24-17-11-7-6-10-16(17)19(23)21-13-18(22)20-12-15-9-5-4-8-14(15)2/h4-11H,3,12-13H2,1-2H3,(H,20,22)(H,21,23). The topological polar surface area (TPSA) is 67.4 Å². The number of ether oxygens (including phenoxy) is 1. The van der Waals surface area contributed by atoms with Crippen molar-refractivity contribution in [2.45, 2.75) is 20.4 Å². The van der Waals surface area contributed by atoms with Crippen LogP contribution in [0.15, 0.2) is 48.5 Å². The number of amides is 2. The van der Waals surface area contributed by atoms with Crippen LogP contribution in [-0.4, -0.2) is 25.0 Å². The van der Waals surface area contributed by atoms with Gasteiger partial charge in [0, 0.05) is 6.54 Å². The summed E-state index contributed by atoms with van der Waals surface area (Å²) in [5.41, 5.74) is 2.59. The second kappa shape index (κ2) is 8.72. The van der Waals surface area contributed by atoms with E-state index in [-0.39, 0.29) is 18.4 Å². The van der Waals surface area contributed by atoms with Gasteiger partial charge in [0.2, 0.25) is 5.91 Å². The van der Waals surface area contributed by atoms with Gasteiger partial charge in [-0.1, -0.05) is 36.4 Å². The lowest BCUT2D eigenvalue weighted by Gasteiger charge is -2.11. The number of nitrogens with one attached hydrogen (secondary N) is 2. The van der Waals surface area contributed by atoms with E-state index in [1.54, 1.807) is 24.3 Å². The van der Waals surface area contributed by atoms with Gasteiger partial charge in [0.15, 0.2) is 0 Å². The SMILES string of the molecule is CCOc1ccccc1C(=O)NCC(=O)NCc1ccccc1C. The van der Waals surface area contributed by atoms with Crippen LogP contribution in [-0.2, 0) is 11.3 Å². The predicted octanol–water partition coefficient (Wildman–Crippen LogP) is 2.44. The second-order valence-corrected chi connectivity index (χ2v) is 5.32. The molecule has 2 amide bonds. The third-order valence-electron chi connectivity index (χ3n) is 3.58. The molecular formula is C19H22N2O3. The third kappa shape index (κ3) is 4.84. The monoisotopic (exact) mass is 326 g/mol. The van der Waals surface area contributed by atoms with Gasteiger partial charge in [0.25, 0.3) is 5.91 Å². The van der Waals surface area contributed by atoms with Crippen LogP contribution in [0, 0.1) is 6.92 Å². The lowest BCUT2D eigenvalue weighted by Crippen LogP contribution is -2.36. The molecule has 0 saturated heterocycles. The number of carbonyl (C=O) groups excluding carboxylic acids is 2. The van der Waals surface area contributed by atoms with Gasteiger partial charge in [0.05, 0.1) is 18.7 Å². The first-order valence-corrected chi connectivity index (χ1v) is 7.93. The largest absolute Gasteiger partial charge is 0.493 e. The van der Waals surface area contributed by atoms with Crippen molar-refractivity contribution in [3.05, 3.63) is 65.2 Å². The van der Waals surface area contributed by atoms with E-state index in [1.165, 1.54) is 0 Å². The summed E-state index contributed by atoms with van der Waals surface area (Å²) in [6.07, 6.45) is 0. The molecule has 0 radical (unpaired) electrons. The van der Waals surface area contributed by atoms with E-state index in [2.05, 4.69) is 10.6 Å². The molecule has 2 rings (SSSR count). The van der Waals surface area contributed by atoms with Gasteiger partial charge in [-0.25, -0.2) is 0 Å². The minimum absolute atomic E-state index is 0.0782. The van der Waals surface area contributed by atoms with Crippen molar-refractivity contribution in [1.82, 2.24) is 10.6 Å². The lowest BCUT2D eigenvalue weighted by atomic mass is 10.1. The molecule has 2 N–H and O–H groups in total. The van der Waals surface area contributed by atoms with Gasteiger partial charge in [-0.3, -0.25) is 9.59 Å². The van der Waals surface area contributed by atoms with E-state index in [9.17, 15) is 9.59 Å². The smallest absolute Gasteiger partial charge is 0.255 e. The normalized spacial score (nSPS) is 10.1. The fourth-order valence-corrected chi connectivity index (χ4v) is 2.26. The molecule has 2 aromatic carbocycles. The summed E-state index contributed by atoms with van der Waals surface area (Å²) in [4.78, 5) is 24.1. The highest BCUT2D eigenvalue weighted by molar-refractivity contribution is 5.98. The highest BCUT2D eigenvalue weighted by atomic mass is 16.5. The Hall–Kier alpha value is -2.82. The zero-order valence-electron chi connectivity index (χ0n) is 14.0. The van der Waals surface area contributed by atoms with Crippen LogP contribution in [0.2, 0.25) is 0 Å². The number of hydrogen-bond acceptors (Lipinski definition) is 3. The van der Waals surface area contributed by atoms with Crippen LogP contribution in [0.4, 0.5) is 0 Å². The summed E-state index contributed by atoms with van der Waals surface area (Å²) >= 11 is 0. The summed E-state index contributed by atoms with van der Waals surface area (Å²) in [7, 11) is 0. The fraction of sp³-hybridized carbons (Fsp3) is 0.263. The number of para-hydroxylation sites is 1. The zero-order valence-corrected chi connectivity index (χ0v) is 14.0. The summed E-state index contributed by atoms with van der Waals surface area (Å²) in [6.45, 7) is 4.69. The first kappa shape index (κ1) is 17.5. The Labute approximate surface area is 142 Å². The van der Waals surface area contributed by atoms with Crippen LogP contribution in [0.5, 0.6) is 5.75 Å². The number of rotatable bonds is 7. The van der Waals surface area contributed by atoms with Crippen molar-refractivity contribution in [3.63, 3.8) is 0 Å². The van der Waals surface area contributed by atoms with Crippen molar-refractivity contribution in [1.29, 1.82) is 0 Å². The highest BCUT2D eigenvalue weighted by Crippen LogP contribution is 2.17. The maximum Gasteiger partial charge on any atom is 0.255 e. The van der Waals surface area contributed by atoms with Gasteiger partial charge >= 0.3 is 0 Å². The molecular weight excluding hydrogens is 304 g/mol. The zero-order chi connectivity index (χ0) is 17.4. The Balaban J connectivity index is 1.85. The number of carbonyl (C=O) groups is 2. The quantitative estimate of drug-likeness (QED) is 0.821. The molecule has 0 saturated carbocycles. The van der Waals surface area contributed by atoms with Crippen molar-refractivity contribution >= 4 is 11.8 Å². The summed E-state index contributed by atoms with van der Waals surface area (Å²) in [5.74, 6) is -0.0524. The molecule has 0 aromatic heterocycles. The fourth-order valence-electron chi connectivity index (χ4n) is 2.26. The van der Waals surface area contributed by atoms with E-state index in [0.29, 0.717) is 24.5 Å². The number of hydrogen-bond donors (Lipinski definition) is 2. The number of benzene rings is 2. The Kier molecular flexibility index (Phi) is 6.37. The summed E-state index contributed by atoms with van der Waals surface area (Å²) in [5, 5.41) is 5.42. The molecule has 0 aliphatic rings. The Bertz CT molecular complexity index is 713. The van der Waals surface area contributed by atoms with E-state index >= 15 is 0 Å². The predicted molar refractivity (Wildman–Crippen MR) is 93.0 cm³/mol. The third-order valence-corrected chi connectivity index (χ3v) is 3.58. The molecule has 24 heavy (non-hydrogen) atoms. The highest BCUT2D eigenvalue weighted by Gasteiger charge is 2.12. The Morgan fingerprint density at radius 1 is 1.00 bits per heavy atom. The molecule has 5 nitrogen and oxygen atoms in total. The average molecular weight is 326 g/mol. The summed E-state index contributed by atoms with van der Waals surface area (Å²) < 4.78 is 5.42. The van der Waals surface area contributed by atoms with Gasteiger partial charge < -0.3 is 15.4 Å². The van der Waals surface area contributed by atoms with Crippen LogP contribution in [0.25, 0.3) is 0 Å². The molecule has 0 aliphatic carbocycles. The molecule has 0 bridgehead atoms. The Morgan fingerprint density at radius 2 is 1.71 bits per heavy atom. The molecule has 0 aliphatic heterocycles. The minimum Gasteiger partial charge on any atom is -0.493 e. The van der Waals surface area contributed by atoms with Crippen molar-refractivity contribution in [2.75, 3.05) is 13.2 Å². The molecule has 0 unspecified atom stereocenters. The molecule has 0 fully saturated rings. The van der Waals surface area contributed by atoms with Crippen molar-refractivity contribution in [3.8, 4) is 5.75 Å². The van der Waals surface area contributed by atoms with Crippen LogP contribution < -0.4 is 15.4 Å². The van der Waals surface area contributed by atoms with E-state index in [0.717, 1.165) is 11.1 Å². The van der Waals surface area contributed by atoms with Gasteiger partial charge in [-0.2, -0.15) is 0 Å². The van der Waals surface area contributed by atoms with E-state index in [4.69, 9.17) is 4.74 Å². The first-order valence-electron chi connectivity index (χ1n) is 7.93. The van der Waals surface area contributed by atoms with E-state index < -0.39 is 0 Å². The van der Waals surface area contributed by atoms with Gasteiger partial charge in [-0.05, 0) is 37.1 Å². The molecule has 0 heterocycles. The van der Waals surface area contributed by atoms with E-state index in [1.807, 2.05) is 38.1 Å². The second-order valence-electron chi connectivity index (χ2n) is 5.32. The summed E-state index contributed by atoms with van der Waals surface area (Å²) in [6, 6.07) is 14.8. The van der Waals surface area contributed by atoms with Gasteiger partial charge in [-0.15, -0.1) is 0 Å². The first-order chi connectivity index (χ1) is 11.6. The molecule has 5 heteroatoms. The molecule has 2 aromatic rings. The van der Waals surface area contributed by atoms with Crippen molar-refractivity contribution in [2.24, 2.45) is 0 Å². The molecule has 0 spiro atoms. The maximum atomic E-state index is 12.2. The lowest BCUT2D eigenvalue weighted by molar-refractivity contribution is -0.120. The van der Waals surface area contributed by atoms with Crippen molar-refractivity contribution < 1.29 is 14.3 Å².